The Morgan fingerprint density at radius 1 is 0.359 bits per heavy atom. The van der Waals surface area contributed by atoms with Gasteiger partial charge in [0, 0.05) is 10.6 Å². The second kappa shape index (κ2) is 34.1. The molecule has 0 radical (unpaired) electrons. The zero-order chi connectivity index (χ0) is 28.5. The van der Waals surface area contributed by atoms with Crippen molar-refractivity contribution in [3.63, 3.8) is 0 Å². The van der Waals surface area contributed by atoms with Crippen LogP contribution in [0.2, 0.25) is 0 Å². The molecule has 0 aromatic carbocycles. The van der Waals surface area contributed by atoms with Gasteiger partial charge in [-0.25, -0.2) is 0 Å². The lowest BCUT2D eigenvalue weighted by molar-refractivity contribution is -0.137. The third-order valence-electron chi connectivity index (χ3n) is 8.28. The van der Waals surface area contributed by atoms with Gasteiger partial charge >= 0.3 is 5.97 Å². The van der Waals surface area contributed by atoms with Gasteiger partial charge in [0.1, 0.15) is 0 Å². The van der Waals surface area contributed by atoms with Gasteiger partial charge in [-0.05, 0) is 19.3 Å². The van der Waals surface area contributed by atoms with E-state index in [-0.39, 0.29) is 0 Å². The Balaban J connectivity index is 3.04. The summed E-state index contributed by atoms with van der Waals surface area (Å²) in [5.74, 6) is -0.650. The largest absolute Gasteiger partial charge is 0.481 e. The number of carboxylic acid groups (broad SMARTS) is 1. The molecule has 232 valence electrons. The van der Waals surface area contributed by atoms with Crippen molar-refractivity contribution in [2.45, 2.75) is 212 Å². The van der Waals surface area contributed by atoms with E-state index in [4.69, 9.17) is 17.3 Å². The monoisotopic (exact) mass is 584 g/mol. The standard InChI is InChI=1S/C35H68O2S2/c36-34(37)32-30-28-26-24-22-20-18-16-14-12-10-8-6-4-2-1-3-5-7-9-11-13-15-17-19-21-23-25-27-29-31-33-35(38)39/h1-33H2,(H,36,37)(H,38,39). The van der Waals surface area contributed by atoms with Crippen LogP contribution in [0.3, 0.4) is 0 Å². The van der Waals surface area contributed by atoms with Crippen molar-refractivity contribution in [2.24, 2.45) is 0 Å². The van der Waals surface area contributed by atoms with Crippen LogP contribution in [0.4, 0.5) is 0 Å². The molecule has 0 aliphatic carbocycles. The smallest absolute Gasteiger partial charge is 0.303 e. The van der Waals surface area contributed by atoms with Crippen LogP contribution in [0.15, 0.2) is 0 Å². The highest BCUT2D eigenvalue weighted by molar-refractivity contribution is 8.11. The fraction of sp³-hybridized carbons (Fsp3) is 0.943. The Kier molecular flexibility index (Phi) is 34.0. The van der Waals surface area contributed by atoms with Crippen LogP contribution < -0.4 is 0 Å². The van der Waals surface area contributed by atoms with Gasteiger partial charge in [-0.3, -0.25) is 4.79 Å². The summed E-state index contributed by atoms with van der Waals surface area (Å²) in [6, 6.07) is 0. The van der Waals surface area contributed by atoms with E-state index in [1.54, 1.807) is 0 Å². The third kappa shape index (κ3) is 37.9. The van der Waals surface area contributed by atoms with Crippen LogP contribution in [0.1, 0.15) is 212 Å². The number of carbonyl (C=O) groups is 1. The van der Waals surface area contributed by atoms with Crippen molar-refractivity contribution in [1.82, 2.24) is 0 Å². The third-order valence-corrected chi connectivity index (χ3v) is 8.71. The summed E-state index contributed by atoms with van der Waals surface area (Å²) in [6.07, 6.45) is 44.2. The van der Waals surface area contributed by atoms with Crippen molar-refractivity contribution in [3.8, 4) is 0 Å². The second-order valence-electron chi connectivity index (χ2n) is 12.2. The minimum atomic E-state index is -0.650. The van der Waals surface area contributed by atoms with Crippen molar-refractivity contribution < 1.29 is 9.90 Å². The van der Waals surface area contributed by atoms with Gasteiger partial charge in [-0.15, -0.1) is 12.6 Å². The highest BCUT2D eigenvalue weighted by atomic mass is 32.1. The first-order valence-corrected chi connectivity index (χ1v) is 18.4. The SMILES string of the molecule is O=C(O)CCCCCCCCCCCCCCCCCCCCCCCCCCCCCCCCCC(=S)S. The van der Waals surface area contributed by atoms with E-state index in [2.05, 4.69) is 12.6 Å². The highest BCUT2D eigenvalue weighted by Crippen LogP contribution is 2.17. The predicted octanol–water partition coefficient (Wildman–Crippen LogP) is 13.2. The molecule has 2 nitrogen and oxygen atoms in total. The lowest BCUT2D eigenvalue weighted by Gasteiger charge is -2.05. The first-order valence-electron chi connectivity index (χ1n) is 17.6. The Hall–Kier alpha value is -0.0900. The quantitative estimate of drug-likeness (QED) is 0.0449. The topological polar surface area (TPSA) is 37.3 Å². The van der Waals surface area contributed by atoms with Crippen LogP contribution in [0, 0.1) is 0 Å². The maximum Gasteiger partial charge on any atom is 0.303 e. The van der Waals surface area contributed by atoms with E-state index >= 15 is 0 Å². The fourth-order valence-corrected chi connectivity index (χ4v) is 5.98. The number of rotatable bonds is 34. The van der Waals surface area contributed by atoms with E-state index in [9.17, 15) is 4.79 Å². The molecule has 0 aromatic heterocycles. The normalized spacial score (nSPS) is 11.3. The van der Waals surface area contributed by atoms with Gasteiger partial charge in [0.25, 0.3) is 0 Å². The van der Waals surface area contributed by atoms with Crippen LogP contribution in [-0.4, -0.2) is 15.3 Å². The Morgan fingerprint density at radius 2 is 0.513 bits per heavy atom. The Bertz CT molecular complexity index is 465. The molecule has 0 fully saturated rings. The fourth-order valence-electron chi connectivity index (χ4n) is 5.68. The Morgan fingerprint density at radius 3 is 0.667 bits per heavy atom. The zero-order valence-electron chi connectivity index (χ0n) is 26.0. The molecule has 0 amide bonds. The number of hydrogen-bond acceptors (Lipinski definition) is 2. The summed E-state index contributed by atoms with van der Waals surface area (Å²) >= 11 is 9.20. The van der Waals surface area contributed by atoms with Gasteiger partial charge in [0.05, 0.1) is 0 Å². The molecule has 4 heteroatoms. The summed E-state index contributed by atoms with van der Waals surface area (Å²) in [6.45, 7) is 0. The average Bonchev–Trinajstić information content (AvgIpc) is 2.91. The summed E-state index contributed by atoms with van der Waals surface area (Å²) in [5.41, 5.74) is 0. The van der Waals surface area contributed by atoms with E-state index in [1.165, 1.54) is 186 Å². The van der Waals surface area contributed by atoms with Crippen molar-refractivity contribution >= 4 is 35.0 Å². The molecule has 0 saturated heterocycles. The molecule has 0 atom stereocenters. The van der Waals surface area contributed by atoms with Crippen LogP contribution in [-0.2, 0) is 4.79 Å². The number of unbranched alkanes of at least 4 members (excludes halogenated alkanes) is 30. The zero-order valence-corrected chi connectivity index (χ0v) is 27.8. The predicted molar refractivity (Wildman–Crippen MR) is 182 cm³/mol. The summed E-state index contributed by atoms with van der Waals surface area (Å²) in [5, 5.41) is 8.63. The molecule has 1 N–H and O–H groups in total. The molecule has 0 heterocycles. The molecule has 0 bridgehead atoms. The minimum absolute atomic E-state index is 0.344. The van der Waals surface area contributed by atoms with Gasteiger partial charge in [-0.2, -0.15) is 0 Å². The molecule has 0 rings (SSSR count). The van der Waals surface area contributed by atoms with E-state index in [0.717, 1.165) is 23.5 Å². The minimum Gasteiger partial charge on any atom is -0.481 e. The Labute approximate surface area is 256 Å². The lowest BCUT2D eigenvalue weighted by atomic mass is 10.0. The van der Waals surface area contributed by atoms with Crippen molar-refractivity contribution in [3.05, 3.63) is 0 Å². The maximum absolute atomic E-state index is 10.5. The number of thiocarbonyl (C=S) groups is 1. The van der Waals surface area contributed by atoms with E-state index < -0.39 is 5.97 Å². The lowest BCUT2D eigenvalue weighted by Crippen LogP contribution is -1.93. The van der Waals surface area contributed by atoms with Gasteiger partial charge < -0.3 is 5.11 Å². The molecule has 0 aliphatic rings. The average molecular weight is 585 g/mol. The first-order chi connectivity index (χ1) is 19.1. The molecular weight excluding hydrogens is 517 g/mol. The van der Waals surface area contributed by atoms with Gasteiger partial charge in [-0.1, -0.05) is 198 Å². The van der Waals surface area contributed by atoms with Crippen LogP contribution >= 0.6 is 24.8 Å². The summed E-state index contributed by atoms with van der Waals surface area (Å²) in [4.78, 5) is 10.5. The highest BCUT2D eigenvalue weighted by Gasteiger charge is 1.98. The number of hydrogen-bond donors (Lipinski definition) is 2. The van der Waals surface area contributed by atoms with E-state index in [0.29, 0.717) is 6.42 Å². The van der Waals surface area contributed by atoms with Crippen molar-refractivity contribution in [1.29, 1.82) is 0 Å². The molecule has 0 aliphatic heterocycles. The summed E-state index contributed by atoms with van der Waals surface area (Å²) in [7, 11) is 0. The number of thiol groups is 1. The van der Waals surface area contributed by atoms with Gasteiger partial charge in [0.2, 0.25) is 0 Å². The maximum atomic E-state index is 10.5. The molecular formula is C35H68O2S2. The van der Waals surface area contributed by atoms with Crippen molar-refractivity contribution in [2.75, 3.05) is 0 Å². The molecule has 39 heavy (non-hydrogen) atoms. The number of aliphatic carboxylic acids is 1. The summed E-state index contributed by atoms with van der Waals surface area (Å²) < 4.78 is 0.873. The van der Waals surface area contributed by atoms with E-state index in [1.807, 2.05) is 0 Å². The second-order valence-corrected chi connectivity index (χ2v) is 13.6. The number of carboxylic acids is 1. The molecule has 0 aromatic rings. The van der Waals surface area contributed by atoms with Crippen LogP contribution in [0.5, 0.6) is 0 Å². The first kappa shape index (κ1) is 38.9. The molecule has 0 saturated carbocycles. The van der Waals surface area contributed by atoms with Crippen LogP contribution in [0.25, 0.3) is 0 Å². The molecule has 0 unspecified atom stereocenters. The van der Waals surface area contributed by atoms with Gasteiger partial charge in [0.15, 0.2) is 0 Å². The molecule has 0 spiro atoms.